The van der Waals surface area contributed by atoms with Crippen LogP contribution in [0.15, 0.2) is 12.2 Å². The van der Waals surface area contributed by atoms with Gasteiger partial charge in [-0.1, -0.05) is 12.2 Å². The van der Waals surface area contributed by atoms with Gasteiger partial charge in [0.05, 0.1) is 12.2 Å². The Hall–Kier alpha value is -0.340. The first-order valence-corrected chi connectivity index (χ1v) is 5.08. The molecule has 2 heteroatoms. The lowest BCUT2D eigenvalue weighted by atomic mass is 9.78. The Morgan fingerprint density at radius 2 is 2.23 bits per heavy atom. The van der Waals surface area contributed by atoms with Gasteiger partial charge in [0.25, 0.3) is 0 Å². The molecule has 1 saturated carbocycles. The van der Waals surface area contributed by atoms with Gasteiger partial charge in [-0.25, -0.2) is 0 Å². The molecule has 1 aliphatic rings. The molecule has 0 aliphatic heterocycles. The fourth-order valence-electron chi connectivity index (χ4n) is 1.76. The third-order valence-corrected chi connectivity index (χ3v) is 2.72. The smallest absolute Gasteiger partial charge is 0.0747 e. The first-order valence-electron chi connectivity index (χ1n) is 5.08. The molecular formula is C11H20O2. The summed E-state index contributed by atoms with van der Waals surface area (Å²) in [5, 5.41) is 9.54. The van der Waals surface area contributed by atoms with E-state index in [1.165, 1.54) is 0 Å². The summed E-state index contributed by atoms with van der Waals surface area (Å²) in [4.78, 5) is 0. The molecule has 0 aromatic carbocycles. The van der Waals surface area contributed by atoms with E-state index < -0.39 is 0 Å². The maximum Gasteiger partial charge on any atom is 0.0747 e. The minimum absolute atomic E-state index is 0.312. The van der Waals surface area contributed by atoms with Crippen molar-refractivity contribution in [3.8, 4) is 0 Å². The van der Waals surface area contributed by atoms with E-state index in [0.29, 0.717) is 12.0 Å². The Morgan fingerprint density at radius 1 is 1.62 bits per heavy atom. The number of hydrogen-bond acceptors (Lipinski definition) is 2. The summed E-state index contributed by atoms with van der Waals surface area (Å²) < 4.78 is 5.45. The van der Waals surface area contributed by atoms with Crippen molar-refractivity contribution in [3.05, 3.63) is 12.2 Å². The van der Waals surface area contributed by atoms with E-state index in [1.54, 1.807) is 0 Å². The third-order valence-electron chi connectivity index (χ3n) is 2.72. The monoisotopic (exact) mass is 184 g/mol. The molecule has 0 aromatic rings. The van der Waals surface area contributed by atoms with E-state index in [-0.39, 0.29) is 6.10 Å². The molecule has 2 nitrogen and oxygen atoms in total. The Bertz CT molecular complexity index is 171. The molecular weight excluding hydrogens is 164 g/mol. The zero-order valence-electron chi connectivity index (χ0n) is 8.62. The van der Waals surface area contributed by atoms with Crippen molar-refractivity contribution in [3.63, 3.8) is 0 Å². The van der Waals surface area contributed by atoms with Gasteiger partial charge >= 0.3 is 0 Å². The quantitative estimate of drug-likeness (QED) is 0.663. The van der Waals surface area contributed by atoms with Crippen LogP contribution < -0.4 is 0 Å². The zero-order chi connectivity index (χ0) is 9.84. The lowest BCUT2D eigenvalue weighted by molar-refractivity contribution is -0.0349. The van der Waals surface area contributed by atoms with Crippen molar-refractivity contribution < 1.29 is 9.84 Å². The van der Waals surface area contributed by atoms with Crippen LogP contribution in [0.25, 0.3) is 0 Å². The molecule has 1 rings (SSSR count). The summed E-state index contributed by atoms with van der Waals surface area (Å²) in [7, 11) is 0. The fraction of sp³-hybridized carbons (Fsp3) is 0.818. The van der Waals surface area contributed by atoms with Gasteiger partial charge in [0.15, 0.2) is 0 Å². The lowest BCUT2D eigenvalue weighted by Crippen LogP contribution is -2.33. The molecule has 76 valence electrons. The summed E-state index contributed by atoms with van der Waals surface area (Å²) in [5.41, 5.74) is 0.875. The van der Waals surface area contributed by atoms with Gasteiger partial charge in [-0.15, -0.1) is 0 Å². The van der Waals surface area contributed by atoms with Crippen molar-refractivity contribution in [1.82, 2.24) is 0 Å². The minimum Gasteiger partial charge on any atom is -0.389 e. The predicted octanol–water partition coefficient (Wildman–Crippen LogP) is 2.13. The molecule has 0 spiro atoms. The van der Waals surface area contributed by atoms with Crippen LogP contribution in [0.1, 0.15) is 33.1 Å². The van der Waals surface area contributed by atoms with Crippen LogP contribution in [-0.2, 0) is 4.74 Å². The number of aliphatic hydroxyl groups excluding tert-OH is 1. The van der Waals surface area contributed by atoms with Crippen LogP contribution in [0, 0.1) is 5.92 Å². The van der Waals surface area contributed by atoms with Crippen LogP contribution in [-0.4, -0.2) is 23.9 Å². The normalized spacial score (nSPS) is 29.5. The molecule has 0 aromatic heterocycles. The van der Waals surface area contributed by atoms with Gasteiger partial charge in [-0.05, 0) is 39.0 Å². The van der Waals surface area contributed by atoms with Crippen molar-refractivity contribution in [2.45, 2.75) is 45.3 Å². The van der Waals surface area contributed by atoms with E-state index in [0.717, 1.165) is 31.4 Å². The second-order valence-corrected chi connectivity index (χ2v) is 4.01. The Balaban J connectivity index is 2.11. The maximum atomic E-state index is 9.54. The topological polar surface area (TPSA) is 29.5 Å². The fourth-order valence-corrected chi connectivity index (χ4v) is 1.76. The van der Waals surface area contributed by atoms with Crippen LogP contribution in [0.5, 0.6) is 0 Å². The molecule has 1 aliphatic carbocycles. The molecule has 0 amide bonds. The van der Waals surface area contributed by atoms with E-state index in [9.17, 15) is 5.11 Å². The van der Waals surface area contributed by atoms with Gasteiger partial charge in [0.2, 0.25) is 0 Å². The molecule has 1 fully saturated rings. The predicted molar refractivity (Wildman–Crippen MR) is 53.6 cm³/mol. The largest absolute Gasteiger partial charge is 0.389 e. The molecule has 0 bridgehead atoms. The summed E-state index contributed by atoms with van der Waals surface area (Å²) in [6.45, 7) is 8.45. The minimum atomic E-state index is -0.312. The van der Waals surface area contributed by atoms with E-state index in [1.807, 2.05) is 13.8 Å². The van der Waals surface area contributed by atoms with Gasteiger partial charge < -0.3 is 9.84 Å². The average Bonchev–Trinajstić information content (AvgIpc) is 2.00. The highest BCUT2D eigenvalue weighted by molar-refractivity contribution is 4.98. The highest BCUT2D eigenvalue weighted by Gasteiger charge is 2.30. The maximum absolute atomic E-state index is 9.54. The van der Waals surface area contributed by atoms with Crippen molar-refractivity contribution in [1.29, 1.82) is 0 Å². The number of ether oxygens (including phenoxy) is 1. The summed E-state index contributed by atoms with van der Waals surface area (Å²) in [6.07, 6.45) is 3.22. The van der Waals surface area contributed by atoms with Gasteiger partial charge in [-0.3, -0.25) is 0 Å². The van der Waals surface area contributed by atoms with Gasteiger partial charge in [0, 0.05) is 6.61 Å². The standard InChI is InChI=1S/C11H20O2/c1-4-13-10-5-9(6-10)7-11(12)8(2)3/h9-12H,2,4-7H2,1,3H3. The lowest BCUT2D eigenvalue weighted by Gasteiger charge is -2.36. The summed E-state index contributed by atoms with van der Waals surface area (Å²) in [5.74, 6) is 0.642. The molecule has 13 heavy (non-hydrogen) atoms. The molecule has 0 radical (unpaired) electrons. The Labute approximate surface area is 80.6 Å². The Kier molecular flexibility index (Phi) is 3.94. The van der Waals surface area contributed by atoms with E-state index >= 15 is 0 Å². The Morgan fingerprint density at radius 3 is 2.69 bits per heavy atom. The SMILES string of the molecule is C=C(C)C(O)CC1CC(OCC)C1. The van der Waals surface area contributed by atoms with Crippen LogP contribution >= 0.6 is 0 Å². The van der Waals surface area contributed by atoms with Crippen molar-refractivity contribution in [2.24, 2.45) is 5.92 Å². The number of hydrogen-bond donors (Lipinski definition) is 1. The second kappa shape index (κ2) is 4.77. The van der Waals surface area contributed by atoms with E-state index in [2.05, 4.69) is 6.58 Å². The van der Waals surface area contributed by atoms with Crippen molar-refractivity contribution >= 4 is 0 Å². The summed E-state index contributed by atoms with van der Waals surface area (Å²) >= 11 is 0. The average molecular weight is 184 g/mol. The second-order valence-electron chi connectivity index (χ2n) is 4.01. The first-order chi connectivity index (χ1) is 6.13. The molecule has 1 atom stereocenters. The van der Waals surface area contributed by atoms with Crippen LogP contribution in [0.4, 0.5) is 0 Å². The van der Waals surface area contributed by atoms with E-state index in [4.69, 9.17) is 4.74 Å². The molecule has 0 heterocycles. The summed E-state index contributed by atoms with van der Waals surface area (Å²) in [6, 6.07) is 0. The molecule has 0 saturated heterocycles. The highest BCUT2D eigenvalue weighted by atomic mass is 16.5. The van der Waals surface area contributed by atoms with Crippen LogP contribution in [0.3, 0.4) is 0 Å². The molecule has 1 unspecified atom stereocenters. The van der Waals surface area contributed by atoms with Gasteiger partial charge in [-0.2, -0.15) is 0 Å². The number of rotatable bonds is 5. The van der Waals surface area contributed by atoms with Crippen LogP contribution in [0.2, 0.25) is 0 Å². The van der Waals surface area contributed by atoms with Gasteiger partial charge in [0.1, 0.15) is 0 Å². The zero-order valence-corrected chi connectivity index (χ0v) is 8.62. The number of aliphatic hydroxyl groups is 1. The highest BCUT2D eigenvalue weighted by Crippen LogP contribution is 2.34. The third kappa shape index (κ3) is 3.12. The van der Waals surface area contributed by atoms with Crippen molar-refractivity contribution in [2.75, 3.05) is 6.61 Å². The molecule has 1 N–H and O–H groups in total. The first kappa shape index (κ1) is 10.7.